The van der Waals surface area contributed by atoms with Gasteiger partial charge in [0.25, 0.3) is 0 Å². The van der Waals surface area contributed by atoms with Gasteiger partial charge in [-0.05, 0) is 50.6 Å². The highest BCUT2D eigenvalue weighted by atomic mass is 19.4. The number of benzene rings is 2. The van der Waals surface area contributed by atoms with Crippen LogP contribution in [-0.4, -0.2) is 35.4 Å². The molecule has 0 bridgehead atoms. The summed E-state index contributed by atoms with van der Waals surface area (Å²) in [5.74, 6) is 2.32. The average molecular weight is 489 g/mol. The molecule has 1 aromatic heterocycles. The van der Waals surface area contributed by atoms with Crippen LogP contribution in [0.3, 0.4) is 0 Å². The van der Waals surface area contributed by atoms with Gasteiger partial charge in [-0.2, -0.15) is 13.2 Å². The van der Waals surface area contributed by atoms with Gasteiger partial charge in [0.05, 0.1) is 30.3 Å². The lowest BCUT2D eigenvalue weighted by molar-refractivity contribution is -0.137. The fourth-order valence-electron chi connectivity index (χ4n) is 4.61. The molecule has 2 aliphatic heterocycles. The van der Waals surface area contributed by atoms with E-state index in [2.05, 4.69) is 15.3 Å². The summed E-state index contributed by atoms with van der Waals surface area (Å²) in [6.45, 7) is 6.69. The van der Waals surface area contributed by atoms with Crippen LogP contribution in [0.4, 0.5) is 24.7 Å². The van der Waals surface area contributed by atoms with E-state index in [1.807, 2.05) is 13.0 Å². The molecular weight excluding hydrogens is 461 g/mol. The highest BCUT2D eigenvalue weighted by Gasteiger charge is 2.32. The Morgan fingerprint density at radius 2 is 2.00 bits per heavy atom. The minimum Gasteiger partial charge on any atom is -0.486 e. The molecule has 2 aromatic carbocycles. The van der Waals surface area contributed by atoms with Crippen LogP contribution in [-0.2, 0) is 17.3 Å². The quantitative estimate of drug-likeness (QED) is 0.477. The number of halogens is 3. The summed E-state index contributed by atoms with van der Waals surface area (Å²) in [6, 6.07) is 4.91. The van der Waals surface area contributed by atoms with Crippen molar-refractivity contribution in [3.05, 3.63) is 46.8 Å². The van der Waals surface area contributed by atoms with Gasteiger partial charge in [-0.25, -0.2) is 9.97 Å². The number of nitrogen functional groups attached to an aromatic ring is 1. The molecule has 3 heterocycles. The molecule has 0 unspecified atom stereocenters. The van der Waals surface area contributed by atoms with Gasteiger partial charge in [0.15, 0.2) is 11.5 Å². The molecule has 2 aliphatic rings. The van der Waals surface area contributed by atoms with Gasteiger partial charge in [-0.3, -0.25) is 0 Å². The molecular formula is C25H27F3N4O3. The Hall–Kier alpha value is -3.27. The van der Waals surface area contributed by atoms with Crippen molar-refractivity contribution in [2.75, 3.05) is 24.3 Å². The highest BCUT2D eigenvalue weighted by Crippen LogP contribution is 2.45. The summed E-state index contributed by atoms with van der Waals surface area (Å²) in [5, 5.41) is 3.99. The second kappa shape index (κ2) is 8.75. The third kappa shape index (κ3) is 4.67. The van der Waals surface area contributed by atoms with E-state index in [0.29, 0.717) is 53.7 Å². The first-order chi connectivity index (χ1) is 16.6. The molecule has 0 aliphatic carbocycles. The van der Waals surface area contributed by atoms with Crippen molar-refractivity contribution in [3.8, 4) is 11.5 Å². The monoisotopic (exact) mass is 488 g/mol. The van der Waals surface area contributed by atoms with Crippen LogP contribution >= 0.6 is 0 Å². The van der Waals surface area contributed by atoms with Crippen LogP contribution in [0.1, 0.15) is 48.8 Å². The normalized spacial score (nSPS) is 20.5. The van der Waals surface area contributed by atoms with Gasteiger partial charge in [-0.15, -0.1) is 0 Å². The second-order valence-corrected chi connectivity index (χ2v) is 9.19. The van der Waals surface area contributed by atoms with Crippen molar-refractivity contribution in [2.45, 2.75) is 58.0 Å². The molecule has 0 amide bonds. The number of ether oxygens (including phenoxy) is 3. The zero-order valence-corrected chi connectivity index (χ0v) is 19.7. The van der Waals surface area contributed by atoms with Crippen LogP contribution < -0.4 is 20.5 Å². The fraction of sp³-hybridized carbons (Fsp3) is 0.440. The highest BCUT2D eigenvalue weighted by molar-refractivity contribution is 5.95. The number of rotatable bonds is 5. The number of aryl methyl sites for hydroxylation is 1. The fourth-order valence-corrected chi connectivity index (χ4v) is 4.61. The third-order valence-corrected chi connectivity index (χ3v) is 6.27. The first-order valence-electron chi connectivity index (χ1n) is 11.6. The van der Waals surface area contributed by atoms with Gasteiger partial charge in [0.1, 0.15) is 23.9 Å². The Bertz CT molecular complexity index is 1280. The van der Waals surface area contributed by atoms with Crippen molar-refractivity contribution >= 4 is 22.4 Å². The van der Waals surface area contributed by atoms with Crippen molar-refractivity contribution in [1.82, 2.24) is 9.97 Å². The summed E-state index contributed by atoms with van der Waals surface area (Å²) < 4.78 is 57.8. The van der Waals surface area contributed by atoms with E-state index < -0.39 is 17.8 Å². The van der Waals surface area contributed by atoms with Crippen LogP contribution in [0, 0.1) is 6.92 Å². The minimum atomic E-state index is -4.49. The Morgan fingerprint density at radius 3 is 2.71 bits per heavy atom. The van der Waals surface area contributed by atoms with E-state index in [4.69, 9.17) is 19.9 Å². The van der Waals surface area contributed by atoms with E-state index >= 15 is 0 Å². The third-order valence-electron chi connectivity index (χ3n) is 6.27. The number of nitrogens with two attached hydrogens (primary N) is 1. The molecule has 0 radical (unpaired) electrons. The Labute approximate surface area is 200 Å². The van der Waals surface area contributed by atoms with E-state index in [1.165, 1.54) is 6.07 Å². The van der Waals surface area contributed by atoms with Crippen LogP contribution in [0.2, 0.25) is 0 Å². The molecule has 7 nitrogen and oxygen atoms in total. The molecule has 0 saturated carbocycles. The Kier molecular flexibility index (Phi) is 5.86. The van der Waals surface area contributed by atoms with E-state index in [-0.39, 0.29) is 17.9 Å². The number of nitrogens with zero attached hydrogens (tertiary/aromatic N) is 2. The molecule has 5 rings (SSSR count). The lowest BCUT2D eigenvalue weighted by Crippen LogP contribution is -2.16. The largest absolute Gasteiger partial charge is 0.486 e. The Balaban J connectivity index is 1.57. The van der Waals surface area contributed by atoms with E-state index in [1.54, 1.807) is 13.8 Å². The molecule has 3 aromatic rings. The van der Waals surface area contributed by atoms with Gasteiger partial charge in [-0.1, -0.05) is 0 Å². The topological polar surface area (TPSA) is 91.5 Å². The summed E-state index contributed by atoms with van der Waals surface area (Å²) in [4.78, 5) is 9.26. The minimum absolute atomic E-state index is 0.0311. The number of aromatic nitrogens is 2. The molecule has 0 spiro atoms. The van der Waals surface area contributed by atoms with Gasteiger partial charge in [0, 0.05) is 29.5 Å². The van der Waals surface area contributed by atoms with Crippen molar-refractivity contribution in [1.29, 1.82) is 0 Å². The van der Waals surface area contributed by atoms with E-state index in [9.17, 15) is 13.2 Å². The van der Waals surface area contributed by atoms with Crippen molar-refractivity contribution < 1.29 is 27.4 Å². The van der Waals surface area contributed by atoms with Crippen LogP contribution in [0.15, 0.2) is 24.3 Å². The summed E-state index contributed by atoms with van der Waals surface area (Å²) in [5.41, 5.74) is 7.12. The van der Waals surface area contributed by atoms with Gasteiger partial charge in [0.2, 0.25) is 0 Å². The number of fused-ring (bicyclic) bond motifs is 3. The SMILES string of the molecule is Cc1nc(N[C@H](C)c2cc(N)cc(C(F)(F)F)c2)c2cc(O[C@H]3CCOC3)c3c(c2n1)C[C@@H](C)O3. The number of hydrogen-bond acceptors (Lipinski definition) is 7. The number of alkyl halides is 3. The standard InChI is InChI=1S/C25H27F3N4O3/c1-12-6-19-22-20(10-21(23(19)34-12)35-18-4-5-33-11-18)24(32-14(3)31-22)30-13(2)15-7-16(25(26,27)28)9-17(29)8-15/h7-10,12-13,18H,4-6,11,29H2,1-3H3,(H,30,31,32)/t12-,13-,18+/m1/s1. The number of nitrogens with one attached hydrogen (secondary N) is 1. The van der Waals surface area contributed by atoms with Crippen molar-refractivity contribution in [3.63, 3.8) is 0 Å². The van der Waals surface area contributed by atoms with Crippen LogP contribution in [0.25, 0.3) is 10.9 Å². The molecule has 10 heteroatoms. The smallest absolute Gasteiger partial charge is 0.416 e. The zero-order valence-electron chi connectivity index (χ0n) is 19.7. The van der Waals surface area contributed by atoms with Crippen LogP contribution in [0.5, 0.6) is 11.5 Å². The van der Waals surface area contributed by atoms with Gasteiger partial charge >= 0.3 is 6.18 Å². The predicted octanol–water partition coefficient (Wildman–Crippen LogP) is 5.20. The molecule has 3 atom stereocenters. The lowest BCUT2D eigenvalue weighted by Gasteiger charge is -2.21. The second-order valence-electron chi connectivity index (χ2n) is 9.19. The predicted molar refractivity (Wildman–Crippen MR) is 126 cm³/mol. The lowest BCUT2D eigenvalue weighted by atomic mass is 10.0. The van der Waals surface area contributed by atoms with Gasteiger partial charge < -0.3 is 25.3 Å². The summed E-state index contributed by atoms with van der Waals surface area (Å²) in [6.07, 6.45) is -3.15. The number of hydrogen-bond donors (Lipinski definition) is 2. The molecule has 186 valence electrons. The maximum absolute atomic E-state index is 13.3. The van der Waals surface area contributed by atoms with E-state index in [0.717, 1.165) is 29.6 Å². The average Bonchev–Trinajstić information content (AvgIpc) is 3.43. The first-order valence-corrected chi connectivity index (χ1v) is 11.6. The molecule has 35 heavy (non-hydrogen) atoms. The Morgan fingerprint density at radius 1 is 1.20 bits per heavy atom. The maximum atomic E-state index is 13.3. The summed E-state index contributed by atoms with van der Waals surface area (Å²) >= 11 is 0. The maximum Gasteiger partial charge on any atom is 0.416 e. The molecule has 1 fully saturated rings. The molecule has 3 N–H and O–H groups in total. The first kappa shape index (κ1) is 23.5. The summed E-state index contributed by atoms with van der Waals surface area (Å²) in [7, 11) is 0. The zero-order chi connectivity index (χ0) is 24.9. The van der Waals surface area contributed by atoms with Crippen molar-refractivity contribution in [2.24, 2.45) is 0 Å². The number of anilines is 2. The molecule has 1 saturated heterocycles.